The molecule has 0 heterocycles. The summed E-state index contributed by atoms with van der Waals surface area (Å²) in [6.45, 7) is -0.347. The van der Waals surface area contributed by atoms with Gasteiger partial charge < -0.3 is 9.47 Å². The number of hydrogen-bond donors (Lipinski definition) is 1. The summed E-state index contributed by atoms with van der Waals surface area (Å²) in [6.07, 6.45) is 1.40. The Labute approximate surface area is 199 Å². The smallest absolute Gasteiger partial charge is 0.343 e. The van der Waals surface area contributed by atoms with Crippen LogP contribution in [-0.4, -0.2) is 29.6 Å². The maximum absolute atomic E-state index is 12.6. The standard InChI is InChI=1S/C26H19N3O6/c30-25(17-34-21-13-11-20(12-14-21)29(32)33)28-27-16-23-22-9-5-4-6-18(22)10-15-24(23)35-26(31)19-7-2-1-3-8-19/h1-16H,17H2,(H,28,30)/b27-16+. The molecule has 9 heteroatoms. The Kier molecular flexibility index (Phi) is 7.08. The normalized spacial score (nSPS) is 10.7. The lowest BCUT2D eigenvalue weighted by atomic mass is 10.0. The van der Waals surface area contributed by atoms with Crippen LogP contribution < -0.4 is 14.9 Å². The third-order valence-corrected chi connectivity index (χ3v) is 4.94. The molecule has 1 amide bonds. The number of nitrogens with one attached hydrogen (secondary N) is 1. The van der Waals surface area contributed by atoms with Gasteiger partial charge in [0.2, 0.25) is 0 Å². The van der Waals surface area contributed by atoms with Crippen molar-refractivity contribution in [3.63, 3.8) is 0 Å². The van der Waals surface area contributed by atoms with Crippen LogP contribution in [0.15, 0.2) is 96.1 Å². The molecule has 0 aliphatic heterocycles. The van der Waals surface area contributed by atoms with Crippen LogP contribution in [0.4, 0.5) is 5.69 Å². The Morgan fingerprint density at radius 1 is 0.914 bits per heavy atom. The molecule has 0 saturated carbocycles. The number of ether oxygens (including phenoxy) is 2. The Balaban J connectivity index is 1.46. The molecule has 1 N–H and O–H groups in total. The van der Waals surface area contributed by atoms with E-state index in [1.54, 1.807) is 36.4 Å². The van der Waals surface area contributed by atoms with Crippen molar-refractivity contribution in [3.05, 3.63) is 112 Å². The molecule has 4 aromatic carbocycles. The highest BCUT2D eigenvalue weighted by atomic mass is 16.6. The number of benzene rings is 4. The maximum Gasteiger partial charge on any atom is 0.343 e. The van der Waals surface area contributed by atoms with Gasteiger partial charge in [-0.15, -0.1) is 0 Å². The van der Waals surface area contributed by atoms with E-state index in [1.807, 2.05) is 30.3 Å². The van der Waals surface area contributed by atoms with Gasteiger partial charge in [0, 0.05) is 17.7 Å². The number of hydrogen-bond acceptors (Lipinski definition) is 7. The van der Waals surface area contributed by atoms with Gasteiger partial charge in [0.25, 0.3) is 11.6 Å². The van der Waals surface area contributed by atoms with Crippen LogP contribution in [0.3, 0.4) is 0 Å². The van der Waals surface area contributed by atoms with Gasteiger partial charge in [-0.1, -0.05) is 48.5 Å². The van der Waals surface area contributed by atoms with Gasteiger partial charge in [-0.05, 0) is 41.1 Å². The van der Waals surface area contributed by atoms with Crippen molar-refractivity contribution < 1.29 is 24.0 Å². The molecule has 0 aromatic heterocycles. The average molecular weight is 469 g/mol. The van der Waals surface area contributed by atoms with Crippen molar-refractivity contribution in [2.24, 2.45) is 5.10 Å². The van der Waals surface area contributed by atoms with Crippen LogP contribution in [0.25, 0.3) is 10.8 Å². The van der Waals surface area contributed by atoms with Gasteiger partial charge in [0.05, 0.1) is 16.7 Å². The Morgan fingerprint density at radius 2 is 1.63 bits per heavy atom. The van der Waals surface area contributed by atoms with E-state index in [-0.39, 0.29) is 18.0 Å². The average Bonchev–Trinajstić information content (AvgIpc) is 2.89. The second-order valence-electron chi connectivity index (χ2n) is 7.29. The number of carbonyl (C=O) groups is 2. The molecule has 0 radical (unpaired) electrons. The van der Waals surface area contributed by atoms with Crippen molar-refractivity contribution in [1.29, 1.82) is 0 Å². The van der Waals surface area contributed by atoms with Crippen molar-refractivity contribution in [2.75, 3.05) is 6.61 Å². The quantitative estimate of drug-likeness (QED) is 0.133. The van der Waals surface area contributed by atoms with E-state index in [4.69, 9.17) is 9.47 Å². The molecule has 0 bridgehead atoms. The highest BCUT2D eigenvalue weighted by Crippen LogP contribution is 2.27. The minimum atomic E-state index is -0.539. The number of carbonyl (C=O) groups excluding carboxylic acids is 2. The van der Waals surface area contributed by atoms with E-state index in [1.165, 1.54) is 30.5 Å². The highest BCUT2D eigenvalue weighted by Gasteiger charge is 2.13. The van der Waals surface area contributed by atoms with E-state index in [0.29, 0.717) is 16.9 Å². The first-order valence-electron chi connectivity index (χ1n) is 10.5. The molecule has 9 nitrogen and oxygen atoms in total. The first-order valence-corrected chi connectivity index (χ1v) is 10.5. The van der Waals surface area contributed by atoms with E-state index in [0.717, 1.165) is 10.8 Å². The first kappa shape index (κ1) is 23.1. The molecular weight excluding hydrogens is 450 g/mol. The molecular formula is C26H19N3O6. The van der Waals surface area contributed by atoms with Crippen LogP contribution in [0.1, 0.15) is 15.9 Å². The largest absolute Gasteiger partial charge is 0.484 e. The molecule has 4 rings (SSSR count). The fourth-order valence-corrected chi connectivity index (χ4v) is 3.24. The van der Waals surface area contributed by atoms with Crippen LogP contribution in [0.2, 0.25) is 0 Å². The summed E-state index contributed by atoms with van der Waals surface area (Å²) in [5.74, 6) is -0.463. The van der Waals surface area contributed by atoms with Gasteiger partial charge in [-0.25, -0.2) is 10.2 Å². The SMILES string of the molecule is O=C(COc1ccc([N+](=O)[O-])cc1)N/N=C/c1c(OC(=O)c2ccccc2)ccc2ccccc12. The van der Waals surface area contributed by atoms with Gasteiger partial charge in [-0.2, -0.15) is 5.10 Å². The van der Waals surface area contributed by atoms with Gasteiger partial charge in [0.1, 0.15) is 11.5 Å². The number of esters is 1. The van der Waals surface area contributed by atoms with E-state index in [2.05, 4.69) is 10.5 Å². The predicted octanol–water partition coefficient (Wildman–Crippen LogP) is 4.50. The number of fused-ring (bicyclic) bond motifs is 1. The summed E-state index contributed by atoms with van der Waals surface area (Å²) in [7, 11) is 0. The molecule has 174 valence electrons. The fourth-order valence-electron chi connectivity index (χ4n) is 3.24. The third-order valence-electron chi connectivity index (χ3n) is 4.94. The minimum absolute atomic E-state index is 0.0785. The minimum Gasteiger partial charge on any atom is -0.484 e. The highest BCUT2D eigenvalue weighted by molar-refractivity contribution is 6.04. The van der Waals surface area contributed by atoms with Crippen LogP contribution in [0.5, 0.6) is 11.5 Å². The number of hydrazone groups is 1. The first-order chi connectivity index (χ1) is 17.0. The third kappa shape index (κ3) is 5.85. The Morgan fingerprint density at radius 3 is 2.37 bits per heavy atom. The number of nitrogens with zero attached hydrogens (tertiary/aromatic N) is 2. The fraction of sp³-hybridized carbons (Fsp3) is 0.0385. The molecule has 0 fully saturated rings. The number of nitro benzene ring substituents is 1. The van der Waals surface area contributed by atoms with E-state index < -0.39 is 16.8 Å². The van der Waals surface area contributed by atoms with Crippen molar-refractivity contribution in [3.8, 4) is 11.5 Å². The topological polar surface area (TPSA) is 120 Å². The summed E-state index contributed by atoms with van der Waals surface area (Å²) in [6, 6.07) is 25.0. The number of non-ortho nitro benzene ring substituents is 1. The molecule has 0 aliphatic carbocycles. The molecule has 4 aromatic rings. The number of nitro groups is 1. The van der Waals surface area contributed by atoms with E-state index >= 15 is 0 Å². The Hall–Kier alpha value is -5.05. The van der Waals surface area contributed by atoms with Crippen molar-refractivity contribution in [1.82, 2.24) is 5.43 Å². The zero-order valence-electron chi connectivity index (χ0n) is 18.3. The lowest BCUT2D eigenvalue weighted by Gasteiger charge is -2.10. The van der Waals surface area contributed by atoms with Gasteiger partial charge in [0.15, 0.2) is 6.61 Å². The zero-order valence-corrected chi connectivity index (χ0v) is 18.3. The van der Waals surface area contributed by atoms with Crippen LogP contribution in [-0.2, 0) is 4.79 Å². The van der Waals surface area contributed by atoms with Crippen molar-refractivity contribution >= 4 is 34.6 Å². The van der Waals surface area contributed by atoms with Crippen LogP contribution >= 0.6 is 0 Å². The van der Waals surface area contributed by atoms with Crippen LogP contribution in [0, 0.1) is 10.1 Å². The zero-order chi connectivity index (χ0) is 24.6. The summed E-state index contributed by atoms with van der Waals surface area (Å²) < 4.78 is 10.9. The molecule has 35 heavy (non-hydrogen) atoms. The summed E-state index contributed by atoms with van der Waals surface area (Å²) in [5.41, 5.74) is 3.21. The number of amides is 1. The maximum atomic E-state index is 12.6. The Bertz CT molecular complexity index is 1400. The molecule has 0 atom stereocenters. The molecule has 0 unspecified atom stereocenters. The van der Waals surface area contributed by atoms with E-state index in [9.17, 15) is 19.7 Å². The summed E-state index contributed by atoms with van der Waals surface area (Å²) in [4.78, 5) is 34.9. The summed E-state index contributed by atoms with van der Waals surface area (Å²) in [5, 5.41) is 16.4. The predicted molar refractivity (Wildman–Crippen MR) is 130 cm³/mol. The van der Waals surface area contributed by atoms with Gasteiger partial charge >= 0.3 is 5.97 Å². The monoisotopic (exact) mass is 469 g/mol. The molecule has 0 spiro atoms. The number of rotatable bonds is 8. The second kappa shape index (κ2) is 10.7. The van der Waals surface area contributed by atoms with Gasteiger partial charge in [-0.3, -0.25) is 14.9 Å². The molecule has 0 aliphatic rings. The summed E-state index contributed by atoms with van der Waals surface area (Å²) >= 11 is 0. The van der Waals surface area contributed by atoms with Crippen molar-refractivity contribution in [2.45, 2.75) is 0 Å². The molecule has 0 saturated heterocycles. The lowest BCUT2D eigenvalue weighted by Crippen LogP contribution is -2.24. The second-order valence-corrected chi connectivity index (χ2v) is 7.29. The lowest BCUT2D eigenvalue weighted by molar-refractivity contribution is -0.384.